The highest BCUT2D eigenvalue weighted by Crippen LogP contribution is 2.20. The zero-order valence-corrected chi connectivity index (χ0v) is 13.9. The van der Waals surface area contributed by atoms with Gasteiger partial charge in [0, 0.05) is 12.6 Å². The van der Waals surface area contributed by atoms with Crippen LogP contribution in [-0.2, 0) is 4.79 Å². The summed E-state index contributed by atoms with van der Waals surface area (Å²) in [5.41, 5.74) is 0. The molecule has 21 heavy (non-hydrogen) atoms. The first-order valence-electron chi connectivity index (χ1n) is 8.95. The summed E-state index contributed by atoms with van der Waals surface area (Å²) in [5.74, 6) is 0.941. The first-order chi connectivity index (χ1) is 10.2. The lowest BCUT2D eigenvalue weighted by Gasteiger charge is -2.36. The number of piperidine rings is 1. The maximum atomic E-state index is 12.4. The molecule has 1 amide bonds. The van der Waals surface area contributed by atoms with Crippen LogP contribution in [0.3, 0.4) is 0 Å². The summed E-state index contributed by atoms with van der Waals surface area (Å²) in [5, 5.41) is 6.77. The number of rotatable bonds is 7. The van der Waals surface area contributed by atoms with Gasteiger partial charge in [-0.1, -0.05) is 19.8 Å². The Bertz CT molecular complexity index is 315. The lowest BCUT2D eigenvalue weighted by atomic mass is 9.96. The van der Waals surface area contributed by atoms with Gasteiger partial charge in [-0.15, -0.1) is 0 Å². The number of carbonyl (C=O) groups is 1. The largest absolute Gasteiger partial charge is 0.352 e. The molecular weight excluding hydrogens is 262 g/mol. The minimum Gasteiger partial charge on any atom is -0.352 e. The Balaban J connectivity index is 1.74. The third-order valence-electron chi connectivity index (χ3n) is 5.04. The molecule has 1 saturated heterocycles. The molecule has 0 aromatic rings. The molecule has 122 valence electrons. The van der Waals surface area contributed by atoms with E-state index in [1.165, 1.54) is 44.9 Å². The average molecular weight is 295 g/mol. The Morgan fingerprint density at radius 1 is 1.24 bits per heavy atom. The van der Waals surface area contributed by atoms with Gasteiger partial charge in [-0.3, -0.25) is 9.69 Å². The van der Waals surface area contributed by atoms with Gasteiger partial charge in [0.1, 0.15) is 0 Å². The van der Waals surface area contributed by atoms with Crippen molar-refractivity contribution in [1.82, 2.24) is 15.5 Å². The van der Waals surface area contributed by atoms with Crippen molar-refractivity contribution in [3.8, 4) is 0 Å². The number of amides is 1. The third kappa shape index (κ3) is 5.26. The van der Waals surface area contributed by atoms with Crippen molar-refractivity contribution in [2.45, 2.75) is 70.9 Å². The standard InChI is InChI=1S/C17H33N3O/c1-3-10-18-12-15-7-6-11-20(13-15)14(2)17(21)19-16-8-4-5-9-16/h14-16,18H,3-13H2,1-2H3,(H,19,21). The van der Waals surface area contributed by atoms with Crippen LogP contribution in [0.5, 0.6) is 0 Å². The Morgan fingerprint density at radius 3 is 2.71 bits per heavy atom. The van der Waals surface area contributed by atoms with Crippen LogP contribution in [-0.4, -0.2) is 49.1 Å². The molecule has 0 spiro atoms. The first-order valence-corrected chi connectivity index (χ1v) is 8.95. The SMILES string of the molecule is CCCNCC1CCCN(C(C)C(=O)NC2CCCC2)C1. The molecule has 2 atom stereocenters. The molecule has 1 saturated carbocycles. The van der Waals surface area contributed by atoms with E-state index >= 15 is 0 Å². The maximum Gasteiger partial charge on any atom is 0.237 e. The van der Waals surface area contributed by atoms with Crippen LogP contribution in [0.15, 0.2) is 0 Å². The zero-order valence-electron chi connectivity index (χ0n) is 13.9. The van der Waals surface area contributed by atoms with Crippen molar-refractivity contribution < 1.29 is 4.79 Å². The smallest absolute Gasteiger partial charge is 0.237 e. The number of carbonyl (C=O) groups excluding carboxylic acids is 1. The van der Waals surface area contributed by atoms with Crippen LogP contribution in [0.4, 0.5) is 0 Å². The predicted octanol–water partition coefficient (Wildman–Crippen LogP) is 2.15. The highest BCUT2D eigenvalue weighted by atomic mass is 16.2. The molecular formula is C17H33N3O. The van der Waals surface area contributed by atoms with E-state index in [4.69, 9.17) is 0 Å². The second kappa shape index (κ2) is 8.74. The quantitative estimate of drug-likeness (QED) is 0.707. The van der Waals surface area contributed by atoms with Gasteiger partial charge in [0.05, 0.1) is 6.04 Å². The summed E-state index contributed by atoms with van der Waals surface area (Å²) < 4.78 is 0. The number of nitrogens with one attached hydrogen (secondary N) is 2. The maximum absolute atomic E-state index is 12.4. The Labute approximate surface area is 130 Å². The van der Waals surface area contributed by atoms with E-state index < -0.39 is 0 Å². The monoisotopic (exact) mass is 295 g/mol. The van der Waals surface area contributed by atoms with Gasteiger partial charge in [-0.2, -0.15) is 0 Å². The molecule has 4 heteroatoms. The van der Waals surface area contributed by atoms with E-state index in [0.29, 0.717) is 12.0 Å². The average Bonchev–Trinajstić information content (AvgIpc) is 3.00. The summed E-state index contributed by atoms with van der Waals surface area (Å²) in [6.45, 7) is 8.62. The molecule has 2 rings (SSSR count). The van der Waals surface area contributed by atoms with Crippen LogP contribution < -0.4 is 10.6 Å². The highest BCUT2D eigenvalue weighted by molar-refractivity contribution is 5.81. The molecule has 1 heterocycles. The van der Waals surface area contributed by atoms with Gasteiger partial charge >= 0.3 is 0 Å². The number of hydrogen-bond donors (Lipinski definition) is 2. The summed E-state index contributed by atoms with van der Waals surface area (Å²) in [6, 6.07) is 0.464. The summed E-state index contributed by atoms with van der Waals surface area (Å²) in [4.78, 5) is 14.8. The molecule has 4 nitrogen and oxygen atoms in total. The van der Waals surface area contributed by atoms with Crippen LogP contribution in [0.1, 0.15) is 58.8 Å². The van der Waals surface area contributed by atoms with Crippen LogP contribution >= 0.6 is 0 Å². The molecule has 2 fully saturated rings. The van der Waals surface area contributed by atoms with Crippen LogP contribution in [0, 0.1) is 5.92 Å². The van der Waals surface area contributed by atoms with E-state index in [2.05, 4.69) is 29.4 Å². The van der Waals surface area contributed by atoms with Gasteiger partial charge in [-0.05, 0) is 64.6 Å². The van der Waals surface area contributed by atoms with E-state index in [0.717, 1.165) is 26.2 Å². The topological polar surface area (TPSA) is 44.4 Å². The predicted molar refractivity (Wildman–Crippen MR) is 87.3 cm³/mol. The number of likely N-dealkylation sites (tertiary alicyclic amines) is 1. The molecule has 1 aliphatic heterocycles. The molecule has 1 aliphatic carbocycles. The minimum atomic E-state index is 0.0274. The van der Waals surface area contributed by atoms with Crippen LogP contribution in [0.25, 0.3) is 0 Å². The van der Waals surface area contributed by atoms with Gasteiger partial charge in [-0.25, -0.2) is 0 Å². The number of hydrogen-bond acceptors (Lipinski definition) is 3. The molecule has 2 unspecified atom stereocenters. The summed E-state index contributed by atoms with van der Waals surface area (Å²) >= 11 is 0. The van der Waals surface area contributed by atoms with Gasteiger partial charge < -0.3 is 10.6 Å². The Morgan fingerprint density at radius 2 is 2.00 bits per heavy atom. The number of nitrogens with zero attached hydrogens (tertiary/aromatic N) is 1. The first kappa shape index (κ1) is 16.8. The summed E-state index contributed by atoms with van der Waals surface area (Å²) in [6.07, 6.45) is 8.59. The van der Waals surface area contributed by atoms with E-state index in [-0.39, 0.29) is 11.9 Å². The molecule has 2 aliphatic rings. The van der Waals surface area contributed by atoms with Crippen molar-refractivity contribution in [1.29, 1.82) is 0 Å². The van der Waals surface area contributed by atoms with Gasteiger partial charge in [0.2, 0.25) is 5.91 Å². The third-order valence-corrected chi connectivity index (χ3v) is 5.04. The van der Waals surface area contributed by atoms with E-state index in [9.17, 15) is 4.79 Å². The normalized spacial score (nSPS) is 25.9. The second-order valence-electron chi connectivity index (χ2n) is 6.87. The summed E-state index contributed by atoms with van der Waals surface area (Å²) in [7, 11) is 0. The van der Waals surface area contributed by atoms with Crippen molar-refractivity contribution in [3.63, 3.8) is 0 Å². The Kier molecular flexibility index (Phi) is 6.97. The molecule has 0 radical (unpaired) electrons. The molecule has 0 aromatic heterocycles. The lowest BCUT2D eigenvalue weighted by molar-refractivity contribution is -0.127. The van der Waals surface area contributed by atoms with Crippen molar-refractivity contribution in [2.75, 3.05) is 26.2 Å². The fraction of sp³-hybridized carbons (Fsp3) is 0.941. The van der Waals surface area contributed by atoms with E-state index in [1.54, 1.807) is 0 Å². The van der Waals surface area contributed by atoms with Crippen LogP contribution in [0.2, 0.25) is 0 Å². The second-order valence-corrected chi connectivity index (χ2v) is 6.87. The highest BCUT2D eigenvalue weighted by Gasteiger charge is 2.28. The molecule has 2 N–H and O–H groups in total. The van der Waals surface area contributed by atoms with Crippen molar-refractivity contribution in [3.05, 3.63) is 0 Å². The minimum absolute atomic E-state index is 0.0274. The zero-order chi connectivity index (χ0) is 15.1. The molecule has 0 aromatic carbocycles. The Hall–Kier alpha value is -0.610. The fourth-order valence-corrected chi connectivity index (χ4v) is 3.66. The van der Waals surface area contributed by atoms with Gasteiger partial charge in [0.15, 0.2) is 0 Å². The van der Waals surface area contributed by atoms with Gasteiger partial charge in [0.25, 0.3) is 0 Å². The lowest BCUT2D eigenvalue weighted by Crippen LogP contribution is -2.51. The van der Waals surface area contributed by atoms with Crippen molar-refractivity contribution >= 4 is 5.91 Å². The van der Waals surface area contributed by atoms with Crippen molar-refractivity contribution in [2.24, 2.45) is 5.92 Å². The fourth-order valence-electron chi connectivity index (χ4n) is 3.66. The molecule has 0 bridgehead atoms. The van der Waals surface area contributed by atoms with E-state index in [1.807, 2.05) is 0 Å².